The summed E-state index contributed by atoms with van der Waals surface area (Å²) in [6.07, 6.45) is 7.36. The summed E-state index contributed by atoms with van der Waals surface area (Å²) in [6, 6.07) is 6.03. The van der Waals surface area contributed by atoms with E-state index in [-0.39, 0.29) is 42.5 Å². The summed E-state index contributed by atoms with van der Waals surface area (Å²) in [6.45, 7) is 2.45. The maximum Gasteiger partial charge on any atom is 0.220 e. The zero-order chi connectivity index (χ0) is 17.2. The molecule has 2 aliphatic rings. The lowest BCUT2D eigenvalue weighted by atomic mass is 9.89. The van der Waals surface area contributed by atoms with Gasteiger partial charge in [0.15, 0.2) is 5.78 Å². The molecule has 1 aromatic carbocycles. The molecule has 3 N–H and O–H groups in total. The number of nitrogens with one attached hydrogen (secondary N) is 1. The Morgan fingerprint density at radius 2 is 1.84 bits per heavy atom. The van der Waals surface area contributed by atoms with Gasteiger partial charge in [0.05, 0.1) is 5.54 Å². The monoisotopic (exact) mass is 364 g/mol. The van der Waals surface area contributed by atoms with Crippen molar-refractivity contribution in [2.24, 2.45) is 11.7 Å². The molecule has 1 fully saturated rings. The number of aryl methyl sites for hydroxylation is 2. The normalized spacial score (nSPS) is 18.5. The van der Waals surface area contributed by atoms with E-state index in [9.17, 15) is 9.59 Å². The molecule has 1 aromatic rings. The molecule has 0 radical (unpaired) electrons. The average Bonchev–Trinajstić information content (AvgIpc) is 3.44. The van der Waals surface area contributed by atoms with E-state index >= 15 is 0 Å². The number of rotatable bonds is 7. The maximum absolute atomic E-state index is 12.4. The fourth-order valence-corrected chi connectivity index (χ4v) is 3.70. The molecule has 0 heterocycles. The van der Waals surface area contributed by atoms with E-state index in [1.165, 1.54) is 24.0 Å². The summed E-state index contributed by atoms with van der Waals surface area (Å²) >= 11 is 0. The van der Waals surface area contributed by atoms with Crippen LogP contribution in [0.25, 0.3) is 0 Å². The van der Waals surface area contributed by atoms with Crippen molar-refractivity contribution in [1.29, 1.82) is 0 Å². The van der Waals surface area contributed by atoms with Gasteiger partial charge in [0.25, 0.3) is 0 Å². The second-order valence-corrected chi connectivity index (χ2v) is 7.56. The second kappa shape index (κ2) is 8.33. The summed E-state index contributed by atoms with van der Waals surface area (Å²) in [7, 11) is 0. The third kappa shape index (κ3) is 4.83. The Morgan fingerprint density at radius 1 is 1.16 bits per heavy atom. The van der Waals surface area contributed by atoms with Crippen LogP contribution >= 0.6 is 12.4 Å². The van der Waals surface area contributed by atoms with E-state index in [0.29, 0.717) is 12.5 Å². The van der Waals surface area contributed by atoms with E-state index in [1.807, 2.05) is 19.1 Å². The molecule has 1 unspecified atom stereocenters. The molecule has 4 nitrogen and oxygen atoms in total. The fourth-order valence-electron chi connectivity index (χ4n) is 3.70. The van der Waals surface area contributed by atoms with Gasteiger partial charge < -0.3 is 11.1 Å². The van der Waals surface area contributed by atoms with Crippen molar-refractivity contribution in [1.82, 2.24) is 5.32 Å². The Hall–Kier alpha value is -1.39. The maximum atomic E-state index is 12.4. The number of nitrogens with two attached hydrogens (primary N) is 1. The number of ketones is 1. The number of hydrogen-bond acceptors (Lipinski definition) is 3. The lowest BCUT2D eigenvalue weighted by Gasteiger charge is -2.29. The first kappa shape index (κ1) is 19.9. The molecule has 25 heavy (non-hydrogen) atoms. The Morgan fingerprint density at radius 3 is 2.48 bits per heavy atom. The number of carbonyl (C=O) groups is 2. The van der Waals surface area contributed by atoms with Crippen molar-refractivity contribution in [2.45, 2.75) is 63.8 Å². The first-order valence-electron chi connectivity index (χ1n) is 9.18. The minimum absolute atomic E-state index is 0. The lowest BCUT2D eigenvalue weighted by Crippen LogP contribution is -2.53. The molecule has 0 saturated heterocycles. The number of halogens is 1. The van der Waals surface area contributed by atoms with Gasteiger partial charge in [-0.1, -0.05) is 12.1 Å². The van der Waals surface area contributed by atoms with Crippen molar-refractivity contribution in [2.75, 3.05) is 6.54 Å². The highest BCUT2D eigenvalue weighted by Crippen LogP contribution is 2.39. The fraction of sp³-hybridized carbons (Fsp3) is 0.600. The van der Waals surface area contributed by atoms with Crippen LogP contribution in [0.5, 0.6) is 0 Å². The Labute approximate surface area is 156 Å². The van der Waals surface area contributed by atoms with Gasteiger partial charge in [0, 0.05) is 24.9 Å². The van der Waals surface area contributed by atoms with Gasteiger partial charge in [-0.2, -0.15) is 0 Å². The van der Waals surface area contributed by atoms with Crippen LogP contribution < -0.4 is 11.1 Å². The van der Waals surface area contributed by atoms with Crippen LogP contribution in [0, 0.1) is 5.92 Å². The van der Waals surface area contributed by atoms with Gasteiger partial charge in [-0.15, -0.1) is 12.4 Å². The van der Waals surface area contributed by atoms with E-state index < -0.39 is 0 Å². The Kier molecular flexibility index (Phi) is 6.64. The van der Waals surface area contributed by atoms with Crippen LogP contribution in [0.1, 0.15) is 66.9 Å². The molecule has 0 aliphatic heterocycles. The van der Waals surface area contributed by atoms with Crippen LogP contribution in [-0.4, -0.2) is 23.8 Å². The predicted octanol–water partition coefficient (Wildman–Crippen LogP) is 3.19. The number of fused-ring (bicyclic) bond motifs is 1. The van der Waals surface area contributed by atoms with Crippen molar-refractivity contribution in [3.63, 3.8) is 0 Å². The van der Waals surface area contributed by atoms with Crippen LogP contribution in [0.3, 0.4) is 0 Å². The predicted molar refractivity (Wildman–Crippen MR) is 102 cm³/mol. The second-order valence-electron chi connectivity index (χ2n) is 7.56. The average molecular weight is 365 g/mol. The molecular weight excluding hydrogens is 336 g/mol. The highest BCUT2D eigenvalue weighted by Gasteiger charge is 2.41. The van der Waals surface area contributed by atoms with Crippen molar-refractivity contribution in [3.05, 3.63) is 34.9 Å². The van der Waals surface area contributed by atoms with Gasteiger partial charge >= 0.3 is 0 Å². The highest BCUT2D eigenvalue weighted by molar-refractivity contribution is 5.98. The minimum atomic E-state index is -0.314. The largest absolute Gasteiger partial charge is 0.349 e. The van der Waals surface area contributed by atoms with E-state index in [0.717, 1.165) is 31.2 Å². The van der Waals surface area contributed by atoms with Gasteiger partial charge in [-0.05, 0) is 68.6 Å². The highest BCUT2D eigenvalue weighted by atomic mass is 35.5. The first-order chi connectivity index (χ1) is 11.5. The molecule has 0 aromatic heterocycles. The third-order valence-corrected chi connectivity index (χ3v) is 5.58. The van der Waals surface area contributed by atoms with Crippen LogP contribution in [0.15, 0.2) is 18.2 Å². The quantitative estimate of drug-likeness (QED) is 0.730. The zero-order valence-electron chi connectivity index (χ0n) is 15.0. The lowest BCUT2D eigenvalue weighted by molar-refractivity contribution is -0.123. The van der Waals surface area contributed by atoms with Crippen molar-refractivity contribution >= 4 is 24.1 Å². The Balaban J connectivity index is 0.00000225. The third-order valence-electron chi connectivity index (χ3n) is 5.58. The van der Waals surface area contributed by atoms with E-state index in [2.05, 4.69) is 11.4 Å². The molecule has 2 aliphatic carbocycles. The molecule has 1 atom stereocenters. The van der Waals surface area contributed by atoms with Gasteiger partial charge in [-0.3, -0.25) is 9.59 Å². The molecule has 1 saturated carbocycles. The van der Waals surface area contributed by atoms with E-state index in [4.69, 9.17) is 5.73 Å². The summed E-state index contributed by atoms with van der Waals surface area (Å²) in [5.74, 6) is 0.475. The van der Waals surface area contributed by atoms with Gasteiger partial charge in [0.1, 0.15) is 0 Å². The summed E-state index contributed by atoms with van der Waals surface area (Å²) in [5.41, 5.74) is 8.94. The standard InChI is InChI=1S/C20H28N2O2.ClH/c1-20(13-21,17-8-9-17)22-19(24)11-10-18(23)16-7-6-14-4-2-3-5-15(14)12-16;/h6-7,12,17H,2-5,8-11,13,21H2,1H3,(H,22,24);1H. The summed E-state index contributed by atoms with van der Waals surface area (Å²) < 4.78 is 0. The number of carbonyl (C=O) groups excluding carboxylic acids is 2. The molecule has 0 bridgehead atoms. The van der Waals surface area contributed by atoms with Crippen molar-refractivity contribution in [3.8, 4) is 0 Å². The van der Waals surface area contributed by atoms with E-state index in [1.54, 1.807) is 0 Å². The summed E-state index contributed by atoms with van der Waals surface area (Å²) in [4.78, 5) is 24.6. The zero-order valence-corrected chi connectivity index (χ0v) is 15.8. The Bertz CT molecular complexity index is 643. The first-order valence-corrected chi connectivity index (χ1v) is 9.18. The van der Waals surface area contributed by atoms with Crippen LogP contribution in [-0.2, 0) is 17.6 Å². The van der Waals surface area contributed by atoms with Crippen LogP contribution in [0.2, 0.25) is 0 Å². The number of Topliss-reactive ketones (excluding diaryl/α,β-unsaturated/α-hetero) is 1. The van der Waals surface area contributed by atoms with Crippen molar-refractivity contribution < 1.29 is 9.59 Å². The molecule has 0 spiro atoms. The number of amides is 1. The van der Waals surface area contributed by atoms with Crippen LogP contribution in [0.4, 0.5) is 0 Å². The smallest absolute Gasteiger partial charge is 0.220 e. The minimum Gasteiger partial charge on any atom is -0.349 e. The van der Waals surface area contributed by atoms with Gasteiger partial charge in [0.2, 0.25) is 5.91 Å². The molecule has 1 amide bonds. The SMILES string of the molecule is CC(CN)(NC(=O)CCC(=O)c1ccc2c(c1)CCCC2)C1CC1.Cl. The summed E-state index contributed by atoms with van der Waals surface area (Å²) in [5, 5.41) is 3.05. The number of hydrogen-bond donors (Lipinski definition) is 2. The molecule has 3 rings (SSSR count). The molecule has 138 valence electrons. The molecular formula is C20H29ClN2O2. The number of benzene rings is 1. The topological polar surface area (TPSA) is 72.2 Å². The van der Waals surface area contributed by atoms with Gasteiger partial charge in [-0.25, -0.2) is 0 Å². The molecule has 5 heteroatoms.